The zero-order chi connectivity index (χ0) is 22.9. The fourth-order valence-electron chi connectivity index (χ4n) is 2.66. The summed E-state index contributed by atoms with van der Waals surface area (Å²) in [5.41, 5.74) is 3.91. The van der Waals surface area contributed by atoms with Crippen molar-refractivity contribution in [2.75, 3.05) is 5.32 Å². The van der Waals surface area contributed by atoms with Gasteiger partial charge >= 0.3 is 0 Å². The number of hydrogen-bond acceptors (Lipinski definition) is 7. The predicted octanol–water partition coefficient (Wildman–Crippen LogP) is 4.07. The maximum Gasteiger partial charge on any atom is 0.253 e. The normalized spacial score (nSPS) is 11.9. The summed E-state index contributed by atoms with van der Waals surface area (Å²) in [7, 11) is 0. The summed E-state index contributed by atoms with van der Waals surface area (Å²) in [5.74, 6) is 0.508. The Morgan fingerprint density at radius 1 is 1.28 bits per heavy atom. The molecular weight excluding hydrogens is 448 g/mol. The number of para-hydroxylation sites is 1. The average molecular weight is 471 g/mol. The number of carbonyl (C=O) groups is 1. The van der Waals surface area contributed by atoms with Gasteiger partial charge in [0.15, 0.2) is 11.0 Å². The molecule has 3 aromatic rings. The topological polar surface area (TPSA) is 104 Å². The fourth-order valence-corrected chi connectivity index (χ4v) is 3.66. The van der Waals surface area contributed by atoms with Crippen LogP contribution >= 0.6 is 23.4 Å². The molecule has 10 heteroatoms. The third-order valence-electron chi connectivity index (χ3n) is 4.37. The molecule has 1 atom stereocenters. The van der Waals surface area contributed by atoms with E-state index in [0.29, 0.717) is 34.7 Å². The first-order chi connectivity index (χ1) is 15.5. The summed E-state index contributed by atoms with van der Waals surface area (Å²) in [6.07, 6.45) is 3.14. The molecule has 0 aliphatic rings. The SMILES string of the molecule is C=CCn1c(CNc2ccc(Cl)cc2)nnc1S[C@H](C)C(=O)N/N=C/c1ccccc1O. The summed E-state index contributed by atoms with van der Waals surface area (Å²) in [6.45, 7) is 6.51. The minimum absolute atomic E-state index is 0.0881. The fraction of sp³-hybridized carbons (Fsp3) is 0.182. The molecule has 0 aliphatic carbocycles. The standard InChI is InChI=1S/C22H23ClN6O2S/c1-3-12-29-20(14-24-18-10-8-17(23)9-11-18)26-28-22(29)32-15(2)21(31)27-25-13-16-6-4-5-7-19(16)30/h3-11,13,15,24,30H,1,12,14H2,2H3,(H,27,31)/b25-13+/t15-/m1/s1. The summed E-state index contributed by atoms with van der Waals surface area (Å²) in [4.78, 5) is 12.4. The third-order valence-corrected chi connectivity index (χ3v) is 5.70. The van der Waals surface area contributed by atoms with Crippen molar-refractivity contribution in [3.63, 3.8) is 0 Å². The Kier molecular flexibility index (Phi) is 8.29. The lowest BCUT2D eigenvalue weighted by Crippen LogP contribution is -2.27. The van der Waals surface area contributed by atoms with Gasteiger partial charge in [-0.1, -0.05) is 41.6 Å². The smallest absolute Gasteiger partial charge is 0.253 e. The lowest BCUT2D eigenvalue weighted by Gasteiger charge is -2.12. The Morgan fingerprint density at radius 2 is 2.03 bits per heavy atom. The van der Waals surface area contributed by atoms with Crippen molar-refractivity contribution in [1.29, 1.82) is 0 Å². The van der Waals surface area contributed by atoms with Crippen molar-refractivity contribution in [1.82, 2.24) is 20.2 Å². The molecule has 0 saturated carbocycles. The number of amides is 1. The molecule has 0 fully saturated rings. The van der Waals surface area contributed by atoms with Crippen LogP contribution in [0, 0.1) is 0 Å². The molecular formula is C22H23ClN6O2S. The van der Waals surface area contributed by atoms with Crippen LogP contribution in [0.2, 0.25) is 5.02 Å². The van der Waals surface area contributed by atoms with Gasteiger partial charge < -0.3 is 15.0 Å². The monoisotopic (exact) mass is 470 g/mol. The Bertz CT molecular complexity index is 1100. The van der Waals surface area contributed by atoms with Gasteiger partial charge in [-0.15, -0.1) is 16.8 Å². The van der Waals surface area contributed by atoms with Crippen LogP contribution in [0.3, 0.4) is 0 Å². The van der Waals surface area contributed by atoms with E-state index in [9.17, 15) is 9.90 Å². The van der Waals surface area contributed by atoms with E-state index in [1.807, 2.05) is 28.8 Å². The van der Waals surface area contributed by atoms with Gasteiger partial charge in [0.05, 0.1) is 18.0 Å². The van der Waals surface area contributed by atoms with Crippen molar-refractivity contribution in [3.8, 4) is 5.75 Å². The highest BCUT2D eigenvalue weighted by atomic mass is 35.5. The Labute approximate surface area is 195 Å². The molecule has 32 heavy (non-hydrogen) atoms. The minimum Gasteiger partial charge on any atom is -0.507 e. The lowest BCUT2D eigenvalue weighted by molar-refractivity contribution is -0.120. The van der Waals surface area contributed by atoms with Gasteiger partial charge in [0, 0.05) is 22.8 Å². The molecule has 3 N–H and O–H groups in total. The van der Waals surface area contributed by atoms with Gasteiger partial charge in [0.2, 0.25) is 0 Å². The summed E-state index contributed by atoms with van der Waals surface area (Å²) >= 11 is 7.20. The number of aromatic nitrogens is 3. The maximum absolute atomic E-state index is 12.4. The molecule has 1 heterocycles. The van der Waals surface area contributed by atoms with Gasteiger partial charge in [0.1, 0.15) is 5.75 Å². The molecule has 0 radical (unpaired) electrons. The number of hydrogen-bond donors (Lipinski definition) is 3. The molecule has 1 amide bonds. The van der Waals surface area contributed by atoms with Crippen molar-refractivity contribution in [3.05, 3.63) is 77.6 Å². The van der Waals surface area contributed by atoms with Crippen LogP contribution in [0.15, 0.2) is 71.4 Å². The highest BCUT2D eigenvalue weighted by Crippen LogP contribution is 2.23. The first-order valence-corrected chi connectivity index (χ1v) is 11.0. The van der Waals surface area contributed by atoms with Gasteiger partial charge in [-0.05, 0) is 43.3 Å². The molecule has 166 valence electrons. The Balaban J connectivity index is 1.61. The number of allylic oxidation sites excluding steroid dienone is 1. The van der Waals surface area contributed by atoms with Gasteiger partial charge in [-0.3, -0.25) is 4.79 Å². The largest absolute Gasteiger partial charge is 0.507 e. The number of halogens is 1. The van der Waals surface area contributed by atoms with Crippen molar-refractivity contribution in [2.45, 2.75) is 30.4 Å². The van der Waals surface area contributed by atoms with E-state index in [4.69, 9.17) is 11.6 Å². The molecule has 2 aromatic carbocycles. The maximum atomic E-state index is 12.4. The molecule has 3 rings (SSSR count). The van der Waals surface area contributed by atoms with E-state index in [1.54, 1.807) is 37.3 Å². The number of aromatic hydroxyl groups is 1. The van der Waals surface area contributed by atoms with E-state index >= 15 is 0 Å². The zero-order valence-corrected chi connectivity index (χ0v) is 19.0. The third kappa shape index (κ3) is 6.35. The second kappa shape index (κ2) is 11.4. The first-order valence-electron chi connectivity index (χ1n) is 9.78. The number of phenols is 1. The van der Waals surface area contributed by atoms with E-state index in [2.05, 4.69) is 32.6 Å². The Morgan fingerprint density at radius 3 is 2.75 bits per heavy atom. The van der Waals surface area contributed by atoms with Crippen molar-refractivity contribution >= 4 is 41.2 Å². The van der Waals surface area contributed by atoms with Crippen LogP contribution in [0.5, 0.6) is 5.75 Å². The summed E-state index contributed by atoms with van der Waals surface area (Å²) < 4.78 is 1.90. The van der Waals surface area contributed by atoms with E-state index in [-0.39, 0.29) is 11.7 Å². The number of nitrogens with zero attached hydrogens (tertiary/aromatic N) is 4. The molecule has 0 bridgehead atoms. The number of thioether (sulfide) groups is 1. The van der Waals surface area contributed by atoms with Crippen LogP contribution in [0.1, 0.15) is 18.3 Å². The highest BCUT2D eigenvalue weighted by Gasteiger charge is 2.19. The summed E-state index contributed by atoms with van der Waals surface area (Å²) in [5, 5.41) is 26.2. The van der Waals surface area contributed by atoms with Crippen molar-refractivity contribution in [2.24, 2.45) is 5.10 Å². The average Bonchev–Trinajstić information content (AvgIpc) is 3.16. The Hall–Kier alpha value is -3.30. The first kappa shape index (κ1) is 23.4. The van der Waals surface area contributed by atoms with Crippen LogP contribution in [0.4, 0.5) is 5.69 Å². The van der Waals surface area contributed by atoms with E-state index < -0.39 is 5.25 Å². The number of nitrogens with one attached hydrogen (secondary N) is 2. The van der Waals surface area contributed by atoms with Gasteiger partial charge in [-0.2, -0.15) is 5.10 Å². The van der Waals surface area contributed by atoms with Gasteiger partial charge in [-0.25, -0.2) is 5.43 Å². The molecule has 0 aliphatic heterocycles. The van der Waals surface area contributed by atoms with E-state index in [0.717, 1.165) is 5.69 Å². The molecule has 0 unspecified atom stereocenters. The molecule has 0 spiro atoms. The number of anilines is 1. The number of hydrazone groups is 1. The van der Waals surface area contributed by atoms with Gasteiger partial charge in [0.25, 0.3) is 5.91 Å². The number of benzene rings is 2. The zero-order valence-electron chi connectivity index (χ0n) is 17.4. The second-order valence-corrected chi connectivity index (χ2v) is 8.46. The van der Waals surface area contributed by atoms with Crippen molar-refractivity contribution < 1.29 is 9.90 Å². The minimum atomic E-state index is -0.471. The van der Waals surface area contributed by atoms with Crippen LogP contribution in [0.25, 0.3) is 0 Å². The predicted molar refractivity (Wildman–Crippen MR) is 128 cm³/mol. The van der Waals surface area contributed by atoms with E-state index in [1.165, 1.54) is 18.0 Å². The number of rotatable bonds is 10. The van der Waals surface area contributed by atoms with Crippen LogP contribution in [-0.2, 0) is 17.9 Å². The number of carbonyl (C=O) groups excluding carboxylic acids is 1. The summed E-state index contributed by atoms with van der Waals surface area (Å²) in [6, 6.07) is 14.1. The van der Waals surface area contributed by atoms with Crippen LogP contribution < -0.4 is 10.7 Å². The second-order valence-electron chi connectivity index (χ2n) is 6.71. The molecule has 8 nitrogen and oxygen atoms in total. The molecule has 0 saturated heterocycles. The van der Waals surface area contributed by atoms with Crippen LogP contribution in [-0.4, -0.2) is 37.2 Å². The molecule has 1 aromatic heterocycles. The number of phenolic OH excluding ortho intramolecular Hbond substituents is 1. The lowest BCUT2D eigenvalue weighted by atomic mass is 10.2. The highest BCUT2D eigenvalue weighted by molar-refractivity contribution is 8.00. The quantitative estimate of drug-likeness (QED) is 0.178.